The quantitative estimate of drug-likeness (QED) is 0.571. The molecule has 0 spiro atoms. The third-order valence-electron chi connectivity index (χ3n) is 5.50. The normalized spacial score (nSPS) is 17.0. The predicted octanol–water partition coefficient (Wildman–Crippen LogP) is 2.75. The van der Waals surface area contributed by atoms with Crippen molar-refractivity contribution in [1.82, 2.24) is 14.9 Å². The highest BCUT2D eigenvalue weighted by atomic mass is 35.5. The molecular weight excluding hydrogens is 450 g/mol. The Hall–Kier alpha value is -2.42. The van der Waals surface area contributed by atoms with Crippen LogP contribution in [-0.2, 0) is 26.0 Å². The van der Waals surface area contributed by atoms with Crippen LogP contribution in [0.15, 0.2) is 59.5 Å². The second-order valence-corrected chi connectivity index (χ2v) is 10.1. The zero-order valence-corrected chi connectivity index (χ0v) is 19.4. The topological polar surface area (TPSA) is 95.6 Å². The minimum atomic E-state index is -3.59. The number of hydrogen-bond donors (Lipinski definition) is 2. The Bertz CT molecular complexity index is 1010. The van der Waals surface area contributed by atoms with Gasteiger partial charge in [0.15, 0.2) is 0 Å². The van der Waals surface area contributed by atoms with Crippen molar-refractivity contribution in [3.63, 3.8) is 0 Å². The average molecular weight is 478 g/mol. The smallest absolute Gasteiger partial charge is 0.309 e. The lowest BCUT2D eigenvalue weighted by molar-refractivity contribution is -0.139. The molecule has 2 N–H and O–H groups in total. The third kappa shape index (κ3) is 6.54. The molecule has 1 atom stereocenters. The Morgan fingerprint density at radius 3 is 2.28 bits per heavy atom. The molecule has 9 heteroatoms. The monoisotopic (exact) mass is 477 g/mol. The number of rotatable bonds is 8. The number of nitrogens with zero attached hydrogens (tertiary/aromatic N) is 1. The summed E-state index contributed by atoms with van der Waals surface area (Å²) in [5, 5.41) is 5.85. The number of piperidine rings is 1. The Balaban J connectivity index is 1.46. The molecule has 1 heterocycles. The third-order valence-corrected chi connectivity index (χ3v) is 7.72. The predicted molar refractivity (Wildman–Crippen MR) is 124 cm³/mol. The van der Waals surface area contributed by atoms with Gasteiger partial charge < -0.3 is 10.6 Å². The molecule has 0 radical (unpaired) electrons. The first kappa shape index (κ1) is 24.2. The van der Waals surface area contributed by atoms with Crippen LogP contribution in [0.4, 0.5) is 0 Å². The molecule has 1 saturated heterocycles. The van der Waals surface area contributed by atoms with Gasteiger partial charge in [0.05, 0.1) is 4.90 Å². The van der Waals surface area contributed by atoms with E-state index in [9.17, 15) is 18.0 Å². The number of halogens is 1. The van der Waals surface area contributed by atoms with E-state index in [2.05, 4.69) is 10.6 Å². The number of hydrogen-bond acceptors (Lipinski definition) is 4. The van der Waals surface area contributed by atoms with Crippen LogP contribution in [0.2, 0.25) is 5.02 Å². The number of sulfonamides is 1. The van der Waals surface area contributed by atoms with E-state index in [1.165, 1.54) is 4.31 Å². The number of benzene rings is 2. The van der Waals surface area contributed by atoms with Crippen molar-refractivity contribution < 1.29 is 18.0 Å². The fraction of sp³-hybridized carbons (Fsp3) is 0.391. The lowest BCUT2D eigenvalue weighted by atomic mass is 10.0. The van der Waals surface area contributed by atoms with E-state index >= 15 is 0 Å². The summed E-state index contributed by atoms with van der Waals surface area (Å²) in [6.45, 7) is 1.02. The van der Waals surface area contributed by atoms with E-state index in [0.717, 1.165) is 24.8 Å². The summed E-state index contributed by atoms with van der Waals surface area (Å²) in [6.07, 6.45) is 3.52. The molecule has 2 amide bonds. The van der Waals surface area contributed by atoms with E-state index in [0.29, 0.717) is 31.0 Å². The largest absolute Gasteiger partial charge is 0.348 e. The minimum Gasteiger partial charge on any atom is -0.348 e. The second-order valence-electron chi connectivity index (χ2n) is 7.76. The highest BCUT2D eigenvalue weighted by molar-refractivity contribution is 7.89. The molecule has 7 nitrogen and oxygen atoms in total. The van der Waals surface area contributed by atoms with Crippen LogP contribution in [0.3, 0.4) is 0 Å². The number of amides is 2. The molecule has 0 aliphatic carbocycles. The molecule has 1 fully saturated rings. The first-order valence-electron chi connectivity index (χ1n) is 10.8. The number of carbonyl (C=O) groups excluding carboxylic acids is 2. The van der Waals surface area contributed by atoms with Crippen molar-refractivity contribution in [2.75, 3.05) is 19.6 Å². The Morgan fingerprint density at radius 1 is 0.938 bits per heavy atom. The average Bonchev–Trinajstić information content (AvgIpc) is 2.81. The van der Waals surface area contributed by atoms with Crippen molar-refractivity contribution in [3.05, 3.63) is 65.2 Å². The van der Waals surface area contributed by atoms with Gasteiger partial charge in [0.25, 0.3) is 0 Å². The first-order chi connectivity index (χ1) is 15.4. The van der Waals surface area contributed by atoms with Gasteiger partial charge in [0.2, 0.25) is 10.0 Å². The van der Waals surface area contributed by atoms with Gasteiger partial charge in [0, 0.05) is 30.7 Å². The van der Waals surface area contributed by atoms with Crippen LogP contribution in [0.25, 0.3) is 0 Å². The molecule has 0 aromatic heterocycles. The molecule has 0 bridgehead atoms. The highest BCUT2D eigenvalue weighted by Gasteiger charge is 2.33. The fourth-order valence-corrected chi connectivity index (χ4v) is 5.66. The Kier molecular flexibility index (Phi) is 8.67. The van der Waals surface area contributed by atoms with Crippen molar-refractivity contribution in [2.45, 2.75) is 43.0 Å². The second kappa shape index (κ2) is 11.4. The molecule has 172 valence electrons. The lowest BCUT2D eigenvalue weighted by Gasteiger charge is -2.34. The lowest BCUT2D eigenvalue weighted by Crippen LogP contribution is -2.46. The van der Waals surface area contributed by atoms with E-state index in [1.807, 2.05) is 12.1 Å². The van der Waals surface area contributed by atoms with Crippen LogP contribution >= 0.6 is 11.6 Å². The van der Waals surface area contributed by atoms with Crippen LogP contribution in [0.5, 0.6) is 0 Å². The Morgan fingerprint density at radius 2 is 1.59 bits per heavy atom. The van der Waals surface area contributed by atoms with Gasteiger partial charge in [-0.3, -0.25) is 9.59 Å². The minimum absolute atomic E-state index is 0.206. The number of carbonyl (C=O) groups is 2. The molecule has 1 aliphatic heterocycles. The van der Waals surface area contributed by atoms with Gasteiger partial charge in [-0.15, -0.1) is 0 Å². The molecule has 2 aromatic carbocycles. The Labute approximate surface area is 194 Å². The van der Waals surface area contributed by atoms with Crippen LogP contribution in [0.1, 0.15) is 31.2 Å². The van der Waals surface area contributed by atoms with Crippen LogP contribution < -0.4 is 10.6 Å². The fourth-order valence-electron chi connectivity index (χ4n) is 3.79. The van der Waals surface area contributed by atoms with Gasteiger partial charge in [-0.05, 0) is 55.5 Å². The molecule has 0 saturated carbocycles. The summed E-state index contributed by atoms with van der Waals surface area (Å²) in [6, 6.07) is 15.5. The van der Waals surface area contributed by atoms with E-state index in [4.69, 9.17) is 11.6 Å². The molecule has 3 rings (SSSR count). The van der Waals surface area contributed by atoms with Gasteiger partial charge in [-0.1, -0.05) is 48.4 Å². The summed E-state index contributed by atoms with van der Waals surface area (Å²) >= 11 is 5.85. The van der Waals surface area contributed by atoms with Crippen molar-refractivity contribution >= 4 is 33.4 Å². The van der Waals surface area contributed by atoms with E-state index in [-0.39, 0.29) is 17.5 Å². The van der Waals surface area contributed by atoms with Crippen molar-refractivity contribution in [3.8, 4) is 0 Å². The molecule has 32 heavy (non-hydrogen) atoms. The van der Waals surface area contributed by atoms with Crippen LogP contribution in [0, 0.1) is 0 Å². The van der Waals surface area contributed by atoms with Crippen LogP contribution in [-0.4, -0.2) is 50.2 Å². The summed E-state index contributed by atoms with van der Waals surface area (Å²) in [7, 11) is -3.59. The van der Waals surface area contributed by atoms with Gasteiger partial charge in [0.1, 0.15) is 0 Å². The van der Waals surface area contributed by atoms with Gasteiger partial charge >= 0.3 is 11.8 Å². The molecular formula is C23H28ClN3O4S. The molecule has 1 aliphatic rings. The summed E-state index contributed by atoms with van der Waals surface area (Å²) in [4.78, 5) is 24.4. The summed E-state index contributed by atoms with van der Waals surface area (Å²) < 4.78 is 27.6. The SMILES string of the molecule is O=C(NCCc1ccc(Cl)cc1)C(=O)NCCC1CCCCN1S(=O)(=O)c1ccccc1. The number of nitrogens with one attached hydrogen (secondary N) is 2. The maximum atomic E-state index is 13.0. The van der Waals surface area contributed by atoms with Crippen molar-refractivity contribution in [2.24, 2.45) is 0 Å². The molecule has 1 unspecified atom stereocenters. The maximum Gasteiger partial charge on any atom is 0.309 e. The van der Waals surface area contributed by atoms with E-state index < -0.39 is 21.8 Å². The highest BCUT2D eigenvalue weighted by Crippen LogP contribution is 2.26. The van der Waals surface area contributed by atoms with Crippen molar-refractivity contribution in [1.29, 1.82) is 0 Å². The summed E-state index contributed by atoms with van der Waals surface area (Å²) in [5.74, 6) is -1.41. The van der Waals surface area contributed by atoms with E-state index in [1.54, 1.807) is 42.5 Å². The van der Waals surface area contributed by atoms with Gasteiger partial charge in [-0.25, -0.2) is 8.42 Å². The summed E-state index contributed by atoms with van der Waals surface area (Å²) in [5.41, 5.74) is 1.01. The standard InChI is InChI=1S/C23H28ClN3O4S/c24-19-11-9-18(10-12-19)13-15-25-22(28)23(29)26-16-14-20-6-4-5-17-27(20)32(30,31)21-7-2-1-3-8-21/h1-3,7-12,20H,4-6,13-17H2,(H,25,28)(H,26,29). The zero-order valence-electron chi connectivity index (χ0n) is 17.8. The first-order valence-corrected chi connectivity index (χ1v) is 12.6. The van der Waals surface area contributed by atoms with Gasteiger partial charge in [-0.2, -0.15) is 4.31 Å². The maximum absolute atomic E-state index is 13.0. The zero-order chi connectivity index (χ0) is 23.0. The molecule has 2 aromatic rings.